The van der Waals surface area contributed by atoms with E-state index in [9.17, 15) is 47.9 Å². The van der Waals surface area contributed by atoms with Gasteiger partial charge in [0.05, 0.1) is 43.6 Å². The molecule has 7 fully saturated rings. The van der Waals surface area contributed by atoms with Crippen molar-refractivity contribution >= 4 is 59.6 Å². The Labute approximate surface area is 722 Å². The predicted octanol–water partition coefficient (Wildman–Crippen LogP) is -0.833. The van der Waals surface area contributed by atoms with Crippen LogP contribution >= 0.6 is 0 Å². The minimum absolute atomic E-state index is 0.0248. The third-order valence-electron chi connectivity index (χ3n) is 22.0. The first-order valence-electron chi connectivity index (χ1n) is 40.2. The number of benzene rings is 1. The first-order valence-corrected chi connectivity index (χ1v) is 40.2. The van der Waals surface area contributed by atoms with Gasteiger partial charge in [0.15, 0.2) is 68.3 Å². The zero-order chi connectivity index (χ0) is 91.5. The number of hydrogen-bond acceptors (Lipinski definition) is 44. The van der Waals surface area contributed by atoms with Crippen molar-refractivity contribution in [2.45, 2.75) is 277 Å². The van der Waals surface area contributed by atoms with Gasteiger partial charge in [0.25, 0.3) is 11.8 Å². The van der Waals surface area contributed by atoms with Gasteiger partial charge in [0, 0.05) is 148 Å². The van der Waals surface area contributed by atoms with E-state index >= 15 is 0 Å². The van der Waals surface area contributed by atoms with Crippen molar-refractivity contribution in [3.8, 4) is 0 Å². The highest BCUT2D eigenvalue weighted by atomic mass is 16.8. The molecule has 16 unspecified atom stereocenters. The van der Waals surface area contributed by atoms with E-state index in [0.29, 0.717) is 0 Å². The van der Waals surface area contributed by atoms with E-state index in [1.54, 1.807) is 19.1 Å². The van der Waals surface area contributed by atoms with E-state index in [2.05, 4.69) is 0 Å². The molecule has 8 aliphatic heterocycles. The molecule has 7 saturated heterocycles. The molecule has 0 bridgehead atoms. The highest BCUT2D eigenvalue weighted by Gasteiger charge is 2.63. The number of methoxy groups -OCH3 is 13. The Kier molecular flexibility index (Phi) is 38.8. The van der Waals surface area contributed by atoms with Crippen LogP contribution < -0.4 is 0 Å². The Bertz CT molecular complexity index is 3660. The van der Waals surface area contributed by atoms with E-state index in [-0.39, 0.29) is 37.6 Å². The summed E-state index contributed by atoms with van der Waals surface area (Å²) in [5.74, 6) is -8.97. The molecule has 45 heteroatoms. The van der Waals surface area contributed by atoms with E-state index in [4.69, 9.17) is 161 Å². The van der Waals surface area contributed by atoms with Crippen LogP contribution in [0.3, 0.4) is 0 Å². The molecule has 8 aliphatic rings. The second-order valence-corrected chi connectivity index (χ2v) is 30.2. The first-order chi connectivity index (χ1) is 59.7. The summed E-state index contributed by atoms with van der Waals surface area (Å²) in [7, 11) is 18.2. The van der Waals surface area contributed by atoms with Crippen molar-refractivity contribution in [2.24, 2.45) is 0 Å². The van der Waals surface area contributed by atoms with Gasteiger partial charge in [-0.3, -0.25) is 52.8 Å². The summed E-state index contributed by atoms with van der Waals surface area (Å²) < 4.78 is 213. The van der Waals surface area contributed by atoms with Crippen LogP contribution in [-0.2, 0) is 199 Å². The van der Waals surface area contributed by atoms with Crippen LogP contribution in [0.15, 0.2) is 24.3 Å². The minimum Gasteiger partial charge on any atom is -0.463 e. The van der Waals surface area contributed by atoms with Crippen LogP contribution in [-0.4, -0.2) is 418 Å². The molecule has 8 heterocycles. The van der Waals surface area contributed by atoms with Crippen molar-refractivity contribution in [1.29, 1.82) is 0 Å². The number of fused-ring (bicyclic) bond motifs is 1. The third-order valence-corrected chi connectivity index (χ3v) is 22.0. The molecule has 0 radical (unpaired) electrons. The van der Waals surface area contributed by atoms with Crippen molar-refractivity contribution in [3.63, 3.8) is 0 Å². The fraction of sp³-hybridized carbons (Fsp3) is 0.800. The summed E-state index contributed by atoms with van der Waals surface area (Å²) in [4.78, 5) is 134. The number of ether oxygens (including phenoxy) is 34. The average molecular weight is 1800 g/mol. The maximum Gasteiger partial charge on any atom is 0.303 e. The Morgan fingerprint density at radius 2 is 0.488 bits per heavy atom. The van der Waals surface area contributed by atoms with Gasteiger partial charge in [0.2, 0.25) is 0 Å². The molecule has 125 heavy (non-hydrogen) atoms. The quantitative estimate of drug-likeness (QED) is 0.0438. The number of carbonyl (C=O) groups excluding carboxylic acids is 10. The SMILES string of the molecule is COCC1O[C@@H](O[C@H]2C(OC)C(OC)[C@@H](O[C@H]3C(OC)C(OC)[C@@H](O[C@H]4C(COC(C)=O)O[C@@H](C)C(OC)[C@H]4OC)O[C@@H]3COC)O[C@@H]2COC)C(OC)[C@@H](OC)[C@H]1O[C@@H]1OC(CN2C(=O)c3ccccc3C2=O)[C@H](O[C@H]2OC(COC(C)=O)[C@@H](O[C@H]3OC(COC(C)=O)[C@@H](OC(C)=O)C(OC(C)=O)C3OC(C)=O)C(OC(C)=O)C2OC(C)=O)[C@H](OC)C1OC. The summed E-state index contributed by atoms with van der Waals surface area (Å²) in [6.45, 7) is 7.11. The zero-order valence-corrected chi connectivity index (χ0v) is 73.9. The summed E-state index contributed by atoms with van der Waals surface area (Å²) in [6.07, 6.45) is -48.4. The Balaban J connectivity index is 1.03. The molecule has 0 saturated carbocycles. The fourth-order valence-electron chi connectivity index (χ4n) is 16.8. The minimum atomic E-state index is -2.06. The van der Waals surface area contributed by atoms with E-state index in [1.807, 2.05) is 0 Å². The molecule has 35 atom stereocenters. The van der Waals surface area contributed by atoms with Crippen LogP contribution in [0.2, 0.25) is 0 Å². The smallest absolute Gasteiger partial charge is 0.303 e. The van der Waals surface area contributed by atoms with Crippen molar-refractivity contribution < 1.29 is 209 Å². The molecule has 45 nitrogen and oxygen atoms in total. The van der Waals surface area contributed by atoms with Crippen LogP contribution in [0.4, 0.5) is 0 Å². The molecule has 0 N–H and O–H groups in total. The van der Waals surface area contributed by atoms with Crippen molar-refractivity contribution in [1.82, 2.24) is 4.90 Å². The monoisotopic (exact) mass is 1800 g/mol. The lowest BCUT2D eigenvalue weighted by atomic mass is 9.94. The topological polar surface area (TPSA) is 488 Å². The van der Waals surface area contributed by atoms with Gasteiger partial charge < -0.3 is 161 Å². The summed E-state index contributed by atoms with van der Waals surface area (Å²) in [5, 5.41) is 0. The molecule has 2 amide bonds. The van der Waals surface area contributed by atoms with Crippen LogP contribution in [0.5, 0.6) is 0 Å². The number of imide groups is 1. The molecule has 1 aromatic carbocycles. The lowest BCUT2D eigenvalue weighted by Crippen LogP contribution is -2.70. The van der Waals surface area contributed by atoms with Gasteiger partial charge in [0.1, 0.15) is 160 Å². The largest absolute Gasteiger partial charge is 0.463 e. The second-order valence-electron chi connectivity index (χ2n) is 30.2. The highest BCUT2D eigenvalue weighted by molar-refractivity contribution is 6.21. The lowest BCUT2D eigenvalue weighted by Gasteiger charge is -2.52. The predicted molar refractivity (Wildman–Crippen MR) is 409 cm³/mol. The Hall–Kier alpha value is -6.92. The molecular formula is C80H119NO44. The molecule has 0 aromatic heterocycles. The van der Waals surface area contributed by atoms with E-state index in [0.717, 1.165) is 53.4 Å². The van der Waals surface area contributed by atoms with Crippen LogP contribution in [0.1, 0.15) is 83.0 Å². The maximum atomic E-state index is 14.6. The Morgan fingerprint density at radius 1 is 0.264 bits per heavy atom. The number of rotatable bonds is 41. The molecule has 1 aromatic rings. The van der Waals surface area contributed by atoms with Crippen LogP contribution in [0, 0.1) is 0 Å². The van der Waals surface area contributed by atoms with Gasteiger partial charge >= 0.3 is 47.8 Å². The maximum absolute atomic E-state index is 14.6. The van der Waals surface area contributed by atoms with Gasteiger partial charge in [-0.1, -0.05) is 12.1 Å². The molecule has 9 rings (SSSR count). The number of esters is 8. The number of nitrogens with zero attached hydrogens (tertiary/aromatic N) is 1. The van der Waals surface area contributed by atoms with Gasteiger partial charge in [-0.2, -0.15) is 0 Å². The van der Waals surface area contributed by atoms with E-state index in [1.165, 1.54) is 111 Å². The fourth-order valence-corrected chi connectivity index (χ4v) is 16.8. The van der Waals surface area contributed by atoms with Gasteiger partial charge in [-0.25, -0.2) is 0 Å². The molecular weight excluding hydrogens is 1680 g/mol. The van der Waals surface area contributed by atoms with Gasteiger partial charge in [-0.15, -0.1) is 0 Å². The number of hydrogen-bond donors (Lipinski definition) is 0. The number of carbonyl (C=O) groups is 10. The first kappa shape index (κ1) is 102. The standard InChI is InChI=1S/C80H119NO44/c1-34-52(95-13)60(96-14)57(49(108-34)31-105-35(2)82)124-78-70(104-22)64(100-18)56(48(117-78)30-94-12)123-77-69(103-21)63(99-17)55(47(116-77)29-93-11)122-76-68(102-20)62(98-16)54(46(115-76)28-92-10)121-75-67(101-19)61(97-15)53(45(114-75)27-81-73(90)43-25-23-24-26-44(43)74(81)91)120-79-72(113-42(9)89)66(111-40(7)87)59(51(119-79)33-107-37(4)84)125-80-71(112-41(8)88)65(110-39(6)86)58(109-38(5)85)50(118-80)32-106-36(3)83/h23-26,34,45-72,75-80H,27-33H2,1-22H3/t34-,45?,46?,47+,48+,49?,50?,51?,52?,53-,54-,55+,56+,57-,58+,59+,60+,61-,62-,63?,64?,65?,66?,67?,68?,69?,70?,71?,72?,75-,76-,77+,78+,79+,80+/m0/s1. The van der Waals surface area contributed by atoms with Crippen LogP contribution in [0.25, 0.3) is 0 Å². The molecule has 0 spiro atoms. The van der Waals surface area contributed by atoms with Crippen molar-refractivity contribution in [3.05, 3.63) is 35.4 Å². The molecule has 0 aliphatic carbocycles. The van der Waals surface area contributed by atoms with Gasteiger partial charge in [-0.05, 0) is 19.1 Å². The highest BCUT2D eigenvalue weighted by Crippen LogP contribution is 2.44. The van der Waals surface area contributed by atoms with Crippen molar-refractivity contribution in [2.75, 3.05) is 139 Å². The van der Waals surface area contributed by atoms with E-state index < -0.39 is 294 Å². The normalized spacial score (nSPS) is 37.8. The second kappa shape index (κ2) is 47.6. The zero-order valence-electron chi connectivity index (χ0n) is 73.9. The molecule has 708 valence electrons. The lowest BCUT2D eigenvalue weighted by molar-refractivity contribution is -0.401. The average Bonchev–Trinajstić information content (AvgIpc) is 1.64. The summed E-state index contributed by atoms with van der Waals surface area (Å²) >= 11 is 0. The summed E-state index contributed by atoms with van der Waals surface area (Å²) in [6, 6.07) is 6.01. The number of amides is 2. The summed E-state index contributed by atoms with van der Waals surface area (Å²) in [5.41, 5.74) is 0.0495. The Morgan fingerprint density at radius 3 is 0.768 bits per heavy atom. The third kappa shape index (κ3) is 24.4.